The summed E-state index contributed by atoms with van der Waals surface area (Å²) >= 11 is 6.98. The SMILES string of the molecule is NSc1cc(C(=O)OCC(=O)N[C@@H](CCO[N+](=O)[O-])CO[N+](=O)[O-])c(NCc2ccco2)cc1Cl. The Morgan fingerprint density at radius 3 is 2.60 bits per heavy atom. The van der Waals surface area contributed by atoms with Gasteiger partial charge in [-0.25, -0.2) is 4.79 Å². The Morgan fingerprint density at radius 1 is 1.23 bits per heavy atom. The van der Waals surface area contributed by atoms with Crippen LogP contribution in [0.3, 0.4) is 0 Å². The molecule has 0 fully saturated rings. The number of amides is 1. The quantitative estimate of drug-likeness (QED) is 0.129. The summed E-state index contributed by atoms with van der Waals surface area (Å²) in [6.45, 7) is -1.57. The molecule has 15 nitrogen and oxygen atoms in total. The van der Waals surface area contributed by atoms with E-state index in [2.05, 4.69) is 20.3 Å². The lowest BCUT2D eigenvalue weighted by Crippen LogP contribution is -2.41. The molecule has 0 saturated heterocycles. The molecule has 0 aliphatic carbocycles. The van der Waals surface area contributed by atoms with Crippen molar-refractivity contribution in [3.8, 4) is 0 Å². The zero-order chi connectivity index (χ0) is 25.8. The Labute approximate surface area is 206 Å². The molecule has 1 amide bonds. The van der Waals surface area contributed by atoms with E-state index in [1.807, 2.05) is 0 Å². The van der Waals surface area contributed by atoms with E-state index in [1.165, 1.54) is 18.4 Å². The van der Waals surface area contributed by atoms with Crippen LogP contribution in [0.2, 0.25) is 5.02 Å². The van der Waals surface area contributed by atoms with Gasteiger partial charge in [-0.1, -0.05) is 11.6 Å². The number of anilines is 1. The lowest BCUT2D eigenvalue weighted by molar-refractivity contribution is -0.761. The van der Waals surface area contributed by atoms with Gasteiger partial charge in [0.15, 0.2) is 6.61 Å². The number of carbonyl (C=O) groups is 2. The molecule has 0 spiro atoms. The molecule has 4 N–H and O–H groups in total. The topological polar surface area (TPSA) is 211 Å². The third-order valence-corrected chi connectivity index (χ3v) is 5.21. The Kier molecular flexibility index (Phi) is 10.9. The van der Waals surface area contributed by atoms with Crippen LogP contribution < -0.4 is 15.8 Å². The second-order valence-electron chi connectivity index (χ2n) is 6.58. The van der Waals surface area contributed by atoms with E-state index in [0.29, 0.717) is 16.3 Å². The average Bonchev–Trinajstić information content (AvgIpc) is 3.33. The van der Waals surface area contributed by atoms with Crippen LogP contribution in [0.15, 0.2) is 39.8 Å². The number of hydrogen-bond acceptors (Lipinski definition) is 13. The number of carbonyl (C=O) groups excluding carboxylic acids is 2. The fraction of sp³-hybridized carbons (Fsp3) is 0.333. The molecule has 2 rings (SSSR count). The first-order valence-corrected chi connectivity index (χ1v) is 10.9. The van der Waals surface area contributed by atoms with Crippen LogP contribution in [0.5, 0.6) is 0 Å². The number of furan rings is 1. The summed E-state index contributed by atoms with van der Waals surface area (Å²) in [7, 11) is 0. The van der Waals surface area contributed by atoms with Crippen molar-refractivity contribution in [2.24, 2.45) is 5.14 Å². The van der Waals surface area contributed by atoms with Crippen LogP contribution in [-0.2, 0) is 25.8 Å². The molecule has 1 aromatic heterocycles. The molecule has 0 aliphatic heterocycles. The molecule has 35 heavy (non-hydrogen) atoms. The smallest absolute Gasteiger partial charge is 0.340 e. The number of rotatable bonds is 15. The lowest BCUT2D eigenvalue weighted by Gasteiger charge is -2.17. The molecule has 0 radical (unpaired) electrons. The highest BCUT2D eigenvalue weighted by atomic mass is 35.5. The number of benzene rings is 1. The van der Waals surface area contributed by atoms with E-state index in [0.717, 1.165) is 11.9 Å². The van der Waals surface area contributed by atoms with Crippen molar-refractivity contribution < 1.29 is 38.6 Å². The number of nitrogens with two attached hydrogens (primary N) is 1. The maximum absolute atomic E-state index is 12.7. The summed E-state index contributed by atoms with van der Waals surface area (Å²) < 4.78 is 10.3. The molecule has 1 aromatic carbocycles. The second-order valence-corrected chi connectivity index (χ2v) is 7.67. The van der Waals surface area contributed by atoms with Crippen LogP contribution in [-0.4, -0.2) is 47.9 Å². The van der Waals surface area contributed by atoms with Gasteiger partial charge in [0, 0.05) is 4.90 Å². The zero-order valence-corrected chi connectivity index (χ0v) is 19.4. The molecule has 0 saturated carbocycles. The van der Waals surface area contributed by atoms with E-state index in [-0.39, 0.29) is 23.6 Å². The van der Waals surface area contributed by atoms with E-state index in [9.17, 15) is 29.8 Å². The van der Waals surface area contributed by atoms with Gasteiger partial charge in [-0.15, -0.1) is 20.2 Å². The number of halogens is 1. The van der Waals surface area contributed by atoms with Crippen molar-refractivity contribution in [3.05, 3.63) is 67.1 Å². The molecule has 17 heteroatoms. The van der Waals surface area contributed by atoms with Crippen LogP contribution in [0.4, 0.5) is 5.69 Å². The normalized spacial score (nSPS) is 11.3. The minimum atomic E-state index is -1.08. The largest absolute Gasteiger partial charge is 0.467 e. The highest BCUT2D eigenvalue weighted by molar-refractivity contribution is 7.97. The number of nitrogens with one attached hydrogen (secondary N) is 2. The van der Waals surface area contributed by atoms with Crippen LogP contribution in [0, 0.1) is 20.2 Å². The molecule has 0 aliphatic rings. The monoisotopic (exact) mass is 533 g/mol. The van der Waals surface area contributed by atoms with Gasteiger partial charge in [-0.3, -0.25) is 9.93 Å². The molecular weight excluding hydrogens is 514 g/mol. The Morgan fingerprint density at radius 2 is 1.97 bits per heavy atom. The Balaban J connectivity index is 2.02. The fourth-order valence-corrected chi connectivity index (χ4v) is 3.30. The minimum absolute atomic E-state index is 0.0364. The molecule has 2 aromatic rings. The first kappa shape index (κ1) is 27.5. The Hall–Kier alpha value is -3.76. The van der Waals surface area contributed by atoms with Gasteiger partial charge in [0.2, 0.25) is 0 Å². The zero-order valence-electron chi connectivity index (χ0n) is 17.8. The van der Waals surface area contributed by atoms with Crippen LogP contribution >= 0.6 is 23.5 Å². The second kappa shape index (κ2) is 13.8. The number of esters is 1. The predicted molar refractivity (Wildman–Crippen MR) is 120 cm³/mol. The van der Waals surface area contributed by atoms with Crippen molar-refractivity contribution >= 4 is 41.1 Å². The molecule has 1 atom stereocenters. The van der Waals surface area contributed by atoms with E-state index >= 15 is 0 Å². The van der Waals surface area contributed by atoms with Gasteiger partial charge >= 0.3 is 5.97 Å². The Bertz CT molecular complexity index is 1040. The van der Waals surface area contributed by atoms with Gasteiger partial charge in [0.05, 0.1) is 41.7 Å². The average molecular weight is 534 g/mol. The molecule has 0 bridgehead atoms. The number of ether oxygens (including phenoxy) is 1. The molecule has 0 unspecified atom stereocenters. The molecule has 190 valence electrons. The highest BCUT2D eigenvalue weighted by Gasteiger charge is 2.20. The van der Waals surface area contributed by atoms with Crippen molar-refractivity contribution in [2.75, 3.05) is 25.1 Å². The summed E-state index contributed by atoms with van der Waals surface area (Å²) in [6, 6.07) is 5.25. The van der Waals surface area contributed by atoms with E-state index in [4.69, 9.17) is 25.9 Å². The first-order chi connectivity index (χ1) is 16.7. The maximum Gasteiger partial charge on any atom is 0.340 e. The standard InChI is InChI=1S/C18H20ClN5O10S/c19-14-7-15(21-8-12-2-1-4-31-12)13(6-16(14)35-20)18(26)32-10-17(25)22-11(9-34-24(29)30)3-5-33-23(27)28/h1-2,4,6-7,11,21H,3,5,8-10,20H2,(H,22,25)/t11-/m0/s1. The van der Waals surface area contributed by atoms with E-state index < -0.39 is 47.9 Å². The summed E-state index contributed by atoms with van der Waals surface area (Å²) in [5.74, 6) is -1.13. The van der Waals surface area contributed by atoms with Crippen molar-refractivity contribution in [3.63, 3.8) is 0 Å². The minimum Gasteiger partial charge on any atom is -0.467 e. The first-order valence-electron chi connectivity index (χ1n) is 9.67. The third kappa shape index (κ3) is 9.55. The van der Waals surface area contributed by atoms with Gasteiger partial charge in [-0.05, 0) is 42.6 Å². The highest BCUT2D eigenvalue weighted by Crippen LogP contribution is 2.31. The van der Waals surface area contributed by atoms with Gasteiger partial charge < -0.3 is 29.5 Å². The van der Waals surface area contributed by atoms with Crippen LogP contribution in [0.25, 0.3) is 0 Å². The summed E-state index contributed by atoms with van der Waals surface area (Å²) in [5, 5.41) is 29.7. The summed E-state index contributed by atoms with van der Waals surface area (Å²) in [6.07, 6.45) is 1.31. The number of nitrogens with zero attached hydrogens (tertiary/aromatic N) is 2. The van der Waals surface area contributed by atoms with Crippen molar-refractivity contribution in [2.45, 2.75) is 23.9 Å². The van der Waals surface area contributed by atoms with Crippen molar-refractivity contribution in [1.29, 1.82) is 0 Å². The van der Waals surface area contributed by atoms with Gasteiger partial charge in [-0.2, -0.15) is 0 Å². The van der Waals surface area contributed by atoms with E-state index in [1.54, 1.807) is 12.1 Å². The summed E-state index contributed by atoms with van der Waals surface area (Å²) in [4.78, 5) is 54.3. The molecular formula is C18H20ClN5O10S. The van der Waals surface area contributed by atoms with Crippen molar-refractivity contribution in [1.82, 2.24) is 5.32 Å². The lowest BCUT2D eigenvalue weighted by atomic mass is 10.1. The van der Waals surface area contributed by atoms with Crippen LogP contribution in [0.1, 0.15) is 22.5 Å². The summed E-state index contributed by atoms with van der Waals surface area (Å²) in [5.41, 5.74) is 0.332. The molecule has 1 heterocycles. The fourth-order valence-electron chi connectivity index (χ4n) is 2.65. The number of hydrogen-bond donors (Lipinski definition) is 3. The maximum atomic E-state index is 12.7. The van der Waals surface area contributed by atoms with Gasteiger partial charge in [0.25, 0.3) is 16.1 Å². The van der Waals surface area contributed by atoms with Gasteiger partial charge in [0.1, 0.15) is 12.4 Å². The predicted octanol–water partition coefficient (Wildman–Crippen LogP) is 1.96. The third-order valence-electron chi connectivity index (χ3n) is 4.20.